The van der Waals surface area contributed by atoms with E-state index in [2.05, 4.69) is 4.98 Å². The Labute approximate surface area is 265 Å². The van der Waals surface area contributed by atoms with Crippen molar-refractivity contribution in [1.29, 1.82) is 0 Å². The van der Waals surface area contributed by atoms with E-state index >= 15 is 0 Å². The molecular weight excluding hydrogens is 602 g/mol. The van der Waals surface area contributed by atoms with Crippen molar-refractivity contribution in [3.63, 3.8) is 0 Å². The van der Waals surface area contributed by atoms with Crippen molar-refractivity contribution in [3.8, 4) is 11.5 Å². The SMILES string of the molecule is C[C@@H](Cl)[C@@H]1CN(C(=O)c2cc3cc(OCCN(C)C)ccc3[nH]2)c2cc(O[C@@H]3OC(CO)[C@H](O)C(O)C3O)c3ccccc3c21. The Hall–Kier alpha value is -3.42. The molecule has 240 valence electrons. The summed E-state index contributed by atoms with van der Waals surface area (Å²) in [6.45, 7) is 2.97. The lowest BCUT2D eigenvalue weighted by molar-refractivity contribution is -0.277. The van der Waals surface area contributed by atoms with Crippen LogP contribution in [0.25, 0.3) is 21.7 Å². The summed E-state index contributed by atoms with van der Waals surface area (Å²) in [5, 5.41) is 43.0. The van der Waals surface area contributed by atoms with Gasteiger partial charge in [-0.2, -0.15) is 0 Å². The van der Waals surface area contributed by atoms with Gasteiger partial charge in [-0.05, 0) is 56.2 Å². The molecule has 45 heavy (non-hydrogen) atoms. The summed E-state index contributed by atoms with van der Waals surface area (Å²) in [7, 11) is 3.96. The Bertz CT molecular complexity index is 1690. The van der Waals surface area contributed by atoms with Crippen LogP contribution in [0.3, 0.4) is 0 Å². The van der Waals surface area contributed by atoms with Gasteiger partial charge in [-0.3, -0.25) is 4.79 Å². The Kier molecular flexibility index (Phi) is 8.95. The number of halogens is 1. The van der Waals surface area contributed by atoms with E-state index in [1.54, 1.807) is 17.0 Å². The molecule has 11 nitrogen and oxygen atoms in total. The van der Waals surface area contributed by atoms with Crippen LogP contribution in [-0.4, -0.2) is 113 Å². The summed E-state index contributed by atoms with van der Waals surface area (Å²) in [5.74, 6) is 0.575. The first-order chi connectivity index (χ1) is 21.6. The number of anilines is 1. The number of likely N-dealkylation sites (N-methyl/N-ethyl adjacent to an activating group) is 1. The van der Waals surface area contributed by atoms with Crippen molar-refractivity contribution in [3.05, 3.63) is 65.9 Å². The van der Waals surface area contributed by atoms with Gasteiger partial charge in [-0.1, -0.05) is 24.3 Å². The van der Waals surface area contributed by atoms with Gasteiger partial charge in [0, 0.05) is 46.7 Å². The smallest absolute Gasteiger partial charge is 0.274 e. The highest BCUT2D eigenvalue weighted by Crippen LogP contribution is 2.48. The molecule has 2 aliphatic heterocycles. The zero-order chi connectivity index (χ0) is 32.0. The highest BCUT2D eigenvalue weighted by atomic mass is 35.5. The molecule has 0 spiro atoms. The van der Waals surface area contributed by atoms with Crippen LogP contribution in [-0.2, 0) is 4.74 Å². The van der Waals surface area contributed by atoms with Crippen molar-refractivity contribution in [2.75, 3.05) is 45.3 Å². The van der Waals surface area contributed by atoms with Crippen LogP contribution in [0.15, 0.2) is 54.6 Å². The lowest BCUT2D eigenvalue weighted by Gasteiger charge is -2.39. The van der Waals surface area contributed by atoms with Crippen LogP contribution < -0.4 is 14.4 Å². The molecule has 2 aliphatic rings. The quantitative estimate of drug-likeness (QED) is 0.174. The van der Waals surface area contributed by atoms with Gasteiger partial charge in [0.15, 0.2) is 0 Å². The highest BCUT2D eigenvalue weighted by molar-refractivity contribution is 6.22. The number of benzene rings is 3. The standard InChI is InChI=1S/C33H38ClN3O8/c1-17(34)22-15-37(32(42)24-13-18-12-19(8-9-23(18)35-24)43-11-10-36(2)3)25-14-26(20-6-4-5-7-21(20)28(22)25)44-33-31(41)30(40)29(39)27(16-38)45-33/h4-9,12-14,17,22,27,29-31,33,35,38-41H,10-11,15-16H2,1-3H3/t17-,22+,27?,29+,30?,31?,33-/m1/s1. The van der Waals surface area contributed by atoms with E-state index in [0.29, 0.717) is 41.4 Å². The molecular formula is C33H38ClN3O8. The lowest BCUT2D eigenvalue weighted by Crippen LogP contribution is -2.60. The molecule has 6 rings (SSSR count). The number of hydrogen-bond donors (Lipinski definition) is 5. The number of alkyl halides is 1. The summed E-state index contributed by atoms with van der Waals surface area (Å²) in [6, 6.07) is 16.7. The number of rotatable bonds is 9. The predicted octanol–water partition coefficient (Wildman–Crippen LogP) is 2.81. The van der Waals surface area contributed by atoms with Gasteiger partial charge in [0.25, 0.3) is 5.91 Å². The maximum atomic E-state index is 14.2. The van der Waals surface area contributed by atoms with Crippen LogP contribution in [0.4, 0.5) is 5.69 Å². The average Bonchev–Trinajstić information content (AvgIpc) is 3.63. The molecule has 0 saturated carbocycles. The number of aromatic amines is 1. The van der Waals surface area contributed by atoms with E-state index in [-0.39, 0.29) is 17.2 Å². The number of aliphatic hydroxyl groups excluding tert-OH is 4. The first kappa shape index (κ1) is 31.6. The normalized spacial score (nSPS) is 25.6. The molecule has 0 radical (unpaired) electrons. The van der Waals surface area contributed by atoms with E-state index in [0.717, 1.165) is 28.4 Å². The third kappa shape index (κ3) is 5.97. The van der Waals surface area contributed by atoms with Gasteiger partial charge in [0.1, 0.15) is 48.2 Å². The van der Waals surface area contributed by atoms with Gasteiger partial charge in [-0.25, -0.2) is 0 Å². The van der Waals surface area contributed by atoms with Crippen molar-refractivity contribution in [2.45, 2.75) is 48.9 Å². The fourth-order valence-electron chi connectivity index (χ4n) is 6.11. The molecule has 0 bridgehead atoms. The number of nitrogens with zero attached hydrogens (tertiary/aromatic N) is 2. The molecule has 3 unspecified atom stereocenters. The number of aromatic nitrogens is 1. The third-order valence-electron chi connectivity index (χ3n) is 8.59. The zero-order valence-corrected chi connectivity index (χ0v) is 26.0. The summed E-state index contributed by atoms with van der Waals surface area (Å²) in [5.41, 5.74) is 2.69. The minimum absolute atomic E-state index is 0.182. The Morgan fingerprint density at radius 2 is 1.84 bits per heavy atom. The predicted molar refractivity (Wildman–Crippen MR) is 170 cm³/mol. The first-order valence-electron chi connectivity index (χ1n) is 15.0. The van der Waals surface area contributed by atoms with Crippen LogP contribution >= 0.6 is 11.6 Å². The van der Waals surface area contributed by atoms with Gasteiger partial charge < -0.3 is 49.4 Å². The van der Waals surface area contributed by atoms with Gasteiger partial charge in [0.05, 0.1) is 12.3 Å². The molecule has 12 heteroatoms. The van der Waals surface area contributed by atoms with Gasteiger partial charge >= 0.3 is 0 Å². The second kappa shape index (κ2) is 12.8. The molecule has 1 saturated heterocycles. The number of nitrogens with one attached hydrogen (secondary N) is 1. The number of ether oxygens (including phenoxy) is 3. The summed E-state index contributed by atoms with van der Waals surface area (Å²) < 4.78 is 17.7. The van der Waals surface area contributed by atoms with Gasteiger partial charge in [-0.15, -0.1) is 11.6 Å². The molecule has 0 aliphatic carbocycles. The van der Waals surface area contributed by atoms with Gasteiger partial charge in [0.2, 0.25) is 6.29 Å². The molecule has 1 aromatic heterocycles. The van der Waals surface area contributed by atoms with E-state index in [1.807, 2.05) is 68.4 Å². The number of carbonyl (C=O) groups is 1. The molecule has 3 aromatic carbocycles. The number of amides is 1. The largest absolute Gasteiger partial charge is 0.492 e. The zero-order valence-electron chi connectivity index (χ0n) is 25.3. The van der Waals surface area contributed by atoms with Crippen molar-refractivity contribution < 1.29 is 39.4 Å². The second-order valence-electron chi connectivity index (χ2n) is 12.0. The van der Waals surface area contributed by atoms with Crippen molar-refractivity contribution >= 4 is 44.9 Å². The molecule has 4 aromatic rings. The number of aliphatic hydroxyl groups is 4. The summed E-state index contributed by atoms with van der Waals surface area (Å²) in [4.78, 5) is 21.1. The number of hydrogen-bond acceptors (Lipinski definition) is 9. The van der Waals surface area contributed by atoms with Crippen LogP contribution in [0.5, 0.6) is 11.5 Å². The average molecular weight is 640 g/mol. The first-order valence-corrected chi connectivity index (χ1v) is 15.4. The molecule has 3 heterocycles. The molecule has 1 fully saturated rings. The minimum Gasteiger partial charge on any atom is -0.492 e. The Morgan fingerprint density at radius 1 is 1.09 bits per heavy atom. The van der Waals surface area contributed by atoms with Crippen molar-refractivity contribution in [1.82, 2.24) is 9.88 Å². The number of H-pyrrole nitrogens is 1. The number of carbonyl (C=O) groups excluding carboxylic acids is 1. The highest BCUT2D eigenvalue weighted by Gasteiger charge is 2.45. The summed E-state index contributed by atoms with van der Waals surface area (Å²) in [6.07, 6.45) is -7.22. The third-order valence-corrected chi connectivity index (χ3v) is 8.89. The van der Waals surface area contributed by atoms with E-state index in [4.69, 9.17) is 25.8 Å². The topological polar surface area (TPSA) is 148 Å². The second-order valence-corrected chi connectivity index (χ2v) is 12.6. The maximum absolute atomic E-state index is 14.2. The van der Waals surface area contributed by atoms with E-state index < -0.39 is 37.3 Å². The van der Waals surface area contributed by atoms with Crippen molar-refractivity contribution in [2.24, 2.45) is 0 Å². The minimum atomic E-state index is -1.60. The summed E-state index contributed by atoms with van der Waals surface area (Å²) >= 11 is 6.73. The fraction of sp³-hybridized carbons (Fsp3) is 0.424. The molecule has 7 atom stereocenters. The fourth-order valence-corrected chi connectivity index (χ4v) is 6.32. The Balaban J connectivity index is 1.36. The monoisotopic (exact) mass is 639 g/mol. The van der Waals surface area contributed by atoms with E-state index in [9.17, 15) is 25.2 Å². The van der Waals surface area contributed by atoms with Crippen LogP contribution in [0.2, 0.25) is 0 Å². The number of fused-ring (bicyclic) bond motifs is 4. The Morgan fingerprint density at radius 3 is 2.56 bits per heavy atom. The molecule has 5 N–H and O–H groups in total. The van der Waals surface area contributed by atoms with E-state index in [1.165, 1.54) is 0 Å². The maximum Gasteiger partial charge on any atom is 0.274 e. The lowest BCUT2D eigenvalue weighted by atomic mass is 9.92. The molecule has 1 amide bonds. The van der Waals surface area contributed by atoms with Crippen LogP contribution in [0.1, 0.15) is 28.9 Å². The van der Waals surface area contributed by atoms with Crippen LogP contribution in [0, 0.1) is 0 Å².